The molecule has 2 aromatic rings. The summed E-state index contributed by atoms with van der Waals surface area (Å²) in [6.07, 6.45) is 5.09. The number of aromatic nitrogens is 1. The summed E-state index contributed by atoms with van der Waals surface area (Å²) in [7, 11) is 0. The van der Waals surface area contributed by atoms with Crippen LogP contribution in [0.1, 0.15) is 87.5 Å². The molecule has 3 fully saturated rings. The maximum atomic E-state index is 13.9. The van der Waals surface area contributed by atoms with E-state index in [9.17, 15) is 19.2 Å². The Morgan fingerprint density at radius 3 is 2.38 bits per heavy atom. The standard InChI is InChI=1S/C35H48N4O6/c1-23(2)17-29(32(41)35(3)11-12-35)37-33(42)26(18-24-7-5-4-6-8-24)20-31(40)28(19-25-9-10-25)36-34(43)30-21-27(45-38-30)22-39-13-15-44-16-14-39/h4-8,21,23,25-26,28-29H,9-20,22H2,1-3H3,(H,36,43)(H,37,42)/t26-,28+,29+/m1/s1. The van der Waals surface area contributed by atoms with Crippen molar-refractivity contribution in [2.75, 3.05) is 26.3 Å². The Morgan fingerprint density at radius 2 is 1.73 bits per heavy atom. The molecule has 0 spiro atoms. The van der Waals surface area contributed by atoms with Crippen LogP contribution in [-0.2, 0) is 32.1 Å². The minimum atomic E-state index is -0.742. The first-order chi connectivity index (χ1) is 21.6. The van der Waals surface area contributed by atoms with Gasteiger partial charge in [-0.3, -0.25) is 24.1 Å². The number of benzene rings is 1. The molecule has 0 unspecified atom stereocenters. The normalized spacial score (nSPS) is 19.8. The summed E-state index contributed by atoms with van der Waals surface area (Å²) in [5.41, 5.74) is 0.694. The molecule has 10 heteroatoms. The highest BCUT2D eigenvalue weighted by molar-refractivity contribution is 5.98. The lowest BCUT2D eigenvalue weighted by atomic mass is 9.88. The Labute approximate surface area is 266 Å². The van der Waals surface area contributed by atoms with Gasteiger partial charge in [0.15, 0.2) is 23.0 Å². The summed E-state index contributed by atoms with van der Waals surface area (Å²) in [4.78, 5) is 56.5. The smallest absolute Gasteiger partial charge is 0.274 e. The zero-order valence-electron chi connectivity index (χ0n) is 26.9. The van der Waals surface area contributed by atoms with Crippen LogP contribution in [0, 0.1) is 23.2 Å². The molecule has 2 heterocycles. The Morgan fingerprint density at radius 1 is 1.02 bits per heavy atom. The van der Waals surface area contributed by atoms with E-state index in [1.54, 1.807) is 6.07 Å². The van der Waals surface area contributed by atoms with Crippen LogP contribution in [0.5, 0.6) is 0 Å². The molecule has 3 atom stereocenters. The number of ketones is 2. The monoisotopic (exact) mass is 620 g/mol. The highest BCUT2D eigenvalue weighted by Crippen LogP contribution is 2.47. The van der Waals surface area contributed by atoms with Gasteiger partial charge in [-0.15, -0.1) is 0 Å². The van der Waals surface area contributed by atoms with E-state index in [1.807, 2.05) is 51.1 Å². The Bertz CT molecular complexity index is 1330. The molecule has 3 aliphatic rings. The fourth-order valence-electron chi connectivity index (χ4n) is 6.05. The number of hydrogen-bond acceptors (Lipinski definition) is 8. The largest absolute Gasteiger partial charge is 0.379 e. The van der Waals surface area contributed by atoms with Crippen LogP contribution in [0.2, 0.25) is 0 Å². The van der Waals surface area contributed by atoms with E-state index in [0.717, 1.165) is 44.3 Å². The van der Waals surface area contributed by atoms with Crippen molar-refractivity contribution in [3.8, 4) is 0 Å². The van der Waals surface area contributed by atoms with Crippen molar-refractivity contribution >= 4 is 23.4 Å². The van der Waals surface area contributed by atoms with Crippen LogP contribution in [0.4, 0.5) is 0 Å². The van der Waals surface area contributed by atoms with Gasteiger partial charge in [0.05, 0.1) is 31.8 Å². The summed E-state index contributed by atoms with van der Waals surface area (Å²) in [5, 5.41) is 9.94. The Balaban J connectivity index is 1.27. The predicted molar refractivity (Wildman–Crippen MR) is 168 cm³/mol. The van der Waals surface area contributed by atoms with Crippen LogP contribution in [0.25, 0.3) is 0 Å². The molecule has 45 heavy (non-hydrogen) atoms. The van der Waals surface area contributed by atoms with Gasteiger partial charge >= 0.3 is 0 Å². The Hall–Kier alpha value is -3.37. The lowest BCUT2D eigenvalue weighted by Gasteiger charge is -2.26. The maximum absolute atomic E-state index is 13.9. The zero-order chi connectivity index (χ0) is 32.0. The minimum Gasteiger partial charge on any atom is -0.379 e. The average Bonchev–Trinajstić information content (AvgIpc) is 3.95. The number of nitrogens with zero attached hydrogens (tertiary/aromatic N) is 2. The van der Waals surface area contributed by atoms with E-state index in [-0.39, 0.29) is 40.9 Å². The van der Waals surface area contributed by atoms with Crippen LogP contribution < -0.4 is 10.6 Å². The van der Waals surface area contributed by atoms with Crippen molar-refractivity contribution < 1.29 is 28.4 Å². The van der Waals surface area contributed by atoms with Crippen molar-refractivity contribution in [2.24, 2.45) is 23.2 Å². The highest BCUT2D eigenvalue weighted by atomic mass is 16.5. The van der Waals surface area contributed by atoms with Crippen molar-refractivity contribution in [1.29, 1.82) is 0 Å². The molecule has 2 N–H and O–H groups in total. The summed E-state index contributed by atoms with van der Waals surface area (Å²) >= 11 is 0. The minimum absolute atomic E-state index is 0.0423. The SMILES string of the molecule is CC(C)C[C@H](NC(=O)[C@@H](CC(=O)[C@H](CC1CC1)NC(=O)c1cc(CN2CCOCC2)on1)Cc1ccccc1)C(=O)C1(C)CC1. The number of morpholine rings is 1. The fourth-order valence-corrected chi connectivity index (χ4v) is 6.05. The summed E-state index contributed by atoms with van der Waals surface area (Å²) < 4.78 is 10.8. The van der Waals surface area contributed by atoms with Crippen molar-refractivity contribution in [3.05, 3.63) is 53.4 Å². The van der Waals surface area contributed by atoms with E-state index >= 15 is 0 Å². The molecule has 1 aromatic carbocycles. The van der Waals surface area contributed by atoms with E-state index in [2.05, 4.69) is 20.7 Å². The molecule has 5 rings (SSSR count). The van der Waals surface area contributed by atoms with Gasteiger partial charge in [-0.1, -0.05) is 69.1 Å². The zero-order valence-corrected chi connectivity index (χ0v) is 26.9. The molecule has 244 valence electrons. The molecule has 0 bridgehead atoms. The van der Waals surface area contributed by atoms with Gasteiger partial charge in [-0.25, -0.2) is 0 Å². The number of hydrogen-bond donors (Lipinski definition) is 2. The number of rotatable bonds is 17. The van der Waals surface area contributed by atoms with Gasteiger partial charge in [0, 0.05) is 36.9 Å². The van der Waals surface area contributed by atoms with Crippen molar-refractivity contribution in [3.63, 3.8) is 0 Å². The number of amides is 2. The molecule has 2 aliphatic carbocycles. The van der Waals surface area contributed by atoms with E-state index in [4.69, 9.17) is 9.26 Å². The molecule has 2 saturated carbocycles. The second kappa shape index (κ2) is 14.8. The lowest BCUT2D eigenvalue weighted by molar-refractivity contribution is -0.134. The lowest BCUT2D eigenvalue weighted by Crippen LogP contribution is -2.48. The molecular formula is C35H48N4O6. The average molecular weight is 621 g/mol. The molecule has 1 aliphatic heterocycles. The van der Waals surface area contributed by atoms with Gasteiger partial charge in [0.25, 0.3) is 5.91 Å². The topological polar surface area (TPSA) is 131 Å². The third-order valence-electron chi connectivity index (χ3n) is 9.31. The van der Waals surface area contributed by atoms with Crippen molar-refractivity contribution in [2.45, 2.75) is 90.8 Å². The molecule has 1 aromatic heterocycles. The highest BCUT2D eigenvalue weighted by Gasteiger charge is 2.48. The van der Waals surface area contributed by atoms with E-state index in [1.165, 1.54) is 0 Å². The van der Waals surface area contributed by atoms with Gasteiger partial charge in [0.1, 0.15) is 0 Å². The third-order valence-corrected chi connectivity index (χ3v) is 9.31. The number of carbonyl (C=O) groups excluding carboxylic acids is 4. The summed E-state index contributed by atoms with van der Waals surface area (Å²) in [5.74, 6) is -0.385. The van der Waals surface area contributed by atoms with Crippen molar-refractivity contribution in [1.82, 2.24) is 20.7 Å². The number of carbonyl (C=O) groups is 4. The van der Waals surface area contributed by atoms with Crippen LogP contribution in [-0.4, -0.2) is 71.8 Å². The van der Waals surface area contributed by atoms with Crippen LogP contribution in [0.15, 0.2) is 40.9 Å². The number of ether oxygens (including phenoxy) is 1. The molecule has 10 nitrogen and oxygen atoms in total. The first-order valence-electron chi connectivity index (χ1n) is 16.6. The summed E-state index contributed by atoms with van der Waals surface area (Å²) in [6.45, 7) is 9.45. The number of nitrogens with one attached hydrogen (secondary N) is 2. The molecular weight excluding hydrogens is 572 g/mol. The molecule has 2 amide bonds. The second-order valence-corrected chi connectivity index (χ2v) is 13.9. The van der Waals surface area contributed by atoms with Crippen LogP contribution >= 0.6 is 0 Å². The first kappa shape index (κ1) is 33.0. The molecule has 1 saturated heterocycles. The predicted octanol–water partition coefficient (Wildman–Crippen LogP) is 4.12. The second-order valence-electron chi connectivity index (χ2n) is 13.9. The van der Waals surface area contributed by atoms with E-state index in [0.29, 0.717) is 50.7 Å². The third kappa shape index (κ3) is 9.56. The summed E-state index contributed by atoms with van der Waals surface area (Å²) in [6, 6.07) is 9.91. The maximum Gasteiger partial charge on any atom is 0.274 e. The van der Waals surface area contributed by atoms with Gasteiger partial charge in [-0.05, 0) is 49.5 Å². The quantitative estimate of drug-likeness (QED) is 0.270. The van der Waals surface area contributed by atoms with Gasteiger partial charge in [-0.2, -0.15) is 0 Å². The Kier molecular flexibility index (Phi) is 10.9. The van der Waals surface area contributed by atoms with Gasteiger partial charge < -0.3 is 19.9 Å². The number of Topliss-reactive ketones (excluding diaryl/α,β-unsaturated/α-hetero) is 2. The van der Waals surface area contributed by atoms with E-state index < -0.39 is 23.9 Å². The molecule has 0 radical (unpaired) electrons. The first-order valence-corrected chi connectivity index (χ1v) is 16.6. The van der Waals surface area contributed by atoms with Gasteiger partial charge in [0.2, 0.25) is 5.91 Å². The fraction of sp³-hybridized carbons (Fsp3) is 0.629. The van der Waals surface area contributed by atoms with Crippen LogP contribution in [0.3, 0.4) is 0 Å².